The maximum atomic E-state index is 12.1. The highest BCUT2D eigenvalue weighted by molar-refractivity contribution is 8.01. The number of carbonyl (C=O) groups excluding carboxylic acids is 1. The highest BCUT2D eigenvalue weighted by Crippen LogP contribution is 2.27. The third-order valence-electron chi connectivity index (χ3n) is 3.15. The Balaban J connectivity index is 2.95. The summed E-state index contributed by atoms with van der Waals surface area (Å²) in [7, 11) is 0. The summed E-state index contributed by atoms with van der Waals surface area (Å²) >= 11 is 1.49. The van der Waals surface area contributed by atoms with Crippen LogP contribution in [0.5, 0.6) is 0 Å². The van der Waals surface area contributed by atoms with Crippen molar-refractivity contribution in [1.29, 1.82) is 0 Å². The number of carboxylic acids is 1. The molecule has 0 fully saturated rings. The molecule has 1 rings (SSSR count). The Hall–Kier alpha value is -1.49. The molecule has 0 bridgehead atoms. The summed E-state index contributed by atoms with van der Waals surface area (Å²) in [5, 5.41) is 12.3. The van der Waals surface area contributed by atoms with Crippen LogP contribution >= 0.6 is 11.8 Å². The van der Waals surface area contributed by atoms with Crippen LogP contribution in [-0.2, 0) is 15.1 Å². The fourth-order valence-corrected chi connectivity index (χ4v) is 2.61. The molecule has 2 N–H and O–H groups in total. The van der Waals surface area contributed by atoms with Gasteiger partial charge in [0, 0.05) is 4.75 Å². The number of carbonyl (C=O) groups is 2. The van der Waals surface area contributed by atoms with Crippen molar-refractivity contribution in [1.82, 2.24) is 5.32 Å². The van der Waals surface area contributed by atoms with Gasteiger partial charge in [0.2, 0.25) is 5.91 Å². The van der Waals surface area contributed by atoms with Gasteiger partial charge < -0.3 is 10.4 Å². The van der Waals surface area contributed by atoms with Crippen LogP contribution in [0.15, 0.2) is 30.3 Å². The lowest BCUT2D eigenvalue weighted by Gasteiger charge is -2.30. The largest absolute Gasteiger partial charge is 0.479 e. The quantitative estimate of drug-likeness (QED) is 0.847. The first-order chi connectivity index (χ1) is 9.71. The Kier molecular flexibility index (Phi) is 5.84. The molecule has 1 amide bonds. The minimum Gasteiger partial charge on any atom is -0.479 e. The van der Waals surface area contributed by atoms with Gasteiger partial charge in [-0.2, -0.15) is 0 Å². The normalized spacial score (nSPS) is 14.3. The van der Waals surface area contributed by atoms with E-state index in [-0.39, 0.29) is 22.8 Å². The highest BCUT2D eigenvalue weighted by Gasteiger charge is 2.40. The number of aliphatic carboxylic acids is 1. The van der Waals surface area contributed by atoms with Crippen molar-refractivity contribution in [3.8, 4) is 0 Å². The number of hydrogen-bond donors (Lipinski definition) is 2. The zero-order valence-corrected chi connectivity index (χ0v) is 13.8. The van der Waals surface area contributed by atoms with Gasteiger partial charge in [-0.25, -0.2) is 4.79 Å². The number of nitrogens with one attached hydrogen (secondary N) is 1. The molecule has 0 saturated heterocycles. The summed E-state index contributed by atoms with van der Waals surface area (Å²) in [6.45, 7) is 7.82. The molecule has 1 unspecified atom stereocenters. The molecule has 21 heavy (non-hydrogen) atoms. The fourth-order valence-electron chi connectivity index (χ4n) is 1.97. The van der Waals surface area contributed by atoms with Crippen molar-refractivity contribution in [3.05, 3.63) is 35.9 Å². The number of amides is 1. The zero-order valence-electron chi connectivity index (χ0n) is 13.0. The SMILES string of the molecule is CCC(NC(=O)CSC(C)(C)C)(C(=O)O)c1ccccc1. The first-order valence-electron chi connectivity index (χ1n) is 6.95. The van der Waals surface area contributed by atoms with E-state index in [0.717, 1.165) is 0 Å². The van der Waals surface area contributed by atoms with Crippen molar-refractivity contribution in [2.75, 3.05) is 5.75 Å². The molecule has 0 saturated carbocycles. The van der Waals surface area contributed by atoms with Crippen molar-refractivity contribution >= 4 is 23.6 Å². The molecular formula is C16H23NO3S. The van der Waals surface area contributed by atoms with Gasteiger partial charge in [0.15, 0.2) is 5.54 Å². The topological polar surface area (TPSA) is 66.4 Å². The number of rotatable bonds is 6. The van der Waals surface area contributed by atoms with Gasteiger partial charge in [0.25, 0.3) is 0 Å². The Morgan fingerprint density at radius 3 is 2.19 bits per heavy atom. The molecule has 0 spiro atoms. The average Bonchev–Trinajstić information content (AvgIpc) is 2.42. The minimum atomic E-state index is -1.36. The summed E-state index contributed by atoms with van der Waals surface area (Å²) in [5.74, 6) is -1.06. The van der Waals surface area contributed by atoms with Gasteiger partial charge in [-0.05, 0) is 12.0 Å². The standard InChI is InChI=1S/C16H23NO3S/c1-5-16(14(19)20,12-9-7-6-8-10-12)17-13(18)11-21-15(2,3)4/h6-10H,5,11H2,1-4H3,(H,17,18)(H,19,20). The summed E-state index contributed by atoms with van der Waals surface area (Å²) in [5.41, 5.74) is -0.773. The van der Waals surface area contributed by atoms with Gasteiger partial charge in [-0.15, -0.1) is 11.8 Å². The van der Waals surface area contributed by atoms with Crippen LogP contribution in [-0.4, -0.2) is 27.5 Å². The highest BCUT2D eigenvalue weighted by atomic mass is 32.2. The molecule has 1 aromatic carbocycles. The van der Waals surface area contributed by atoms with Crippen molar-refractivity contribution < 1.29 is 14.7 Å². The summed E-state index contributed by atoms with van der Waals surface area (Å²) in [6, 6.07) is 8.84. The van der Waals surface area contributed by atoms with E-state index in [2.05, 4.69) is 5.32 Å². The zero-order chi connectivity index (χ0) is 16.1. The first-order valence-corrected chi connectivity index (χ1v) is 7.94. The van der Waals surface area contributed by atoms with Crippen molar-refractivity contribution in [2.24, 2.45) is 0 Å². The van der Waals surface area contributed by atoms with Crippen LogP contribution in [0.2, 0.25) is 0 Å². The van der Waals surface area contributed by atoms with Crippen LogP contribution in [0.3, 0.4) is 0 Å². The molecule has 116 valence electrons. The second kappa shape index (κ2) is 6.98. The summed E-state index contributed by atoms with van der Waals surface area (Å²) in [6.07, 6.45) is 0.290. The van der Waals surface area contributed by atoms with Crippen molar-refractivity contribution in [3.63, 3.8) is 0 Å². The van der Waals surface area contributed by atoms with E-state index in [1.165, 1.54) is 11.8 Å². The molecule has 0 aliphatic carbocycles. The van der Waals surface area contributed by atoms with E-state index < -0.39 is 11.5 Å². The maximum absolute atomic E-state index is 12.1. The third-order valence-corrected chi connectivity index (χ3v) is 4.42. The number of hydrogen-bond acceptors (Lipinski definition) is 3. The molecule has 0 heterocycles. The van der Waals surface area contributed by atoms with E-state index in [4.69, 9.17) is 0 Å². The molecule has 0 radical (unpaired) electrons. The van der Waals surface area contributed by atoms with Crippen LogP contribution in [0.25, 0.3) is 0 Å². The summed E-state index contributed by atoms with van der Waals surface area (Å²) < 4.78 is -0.0395. The Morgan fingerprint density at radius 2 is 1.76 bits per heavy atom. The van der Waals surface area contributed by atoms with E-state index in [1.807, 2.05) is 26.8 Å². The van der Waals surface area contributed by atoms with Gasteiger partial charge in [-0.3, -0.25) is 4.79 Å². The number of benzene rings is 1. The first kappa shape index (κ1) is 17.6. The molecule has 0 aromatic heterocycles. The van der Waals surface area contributed by atoms with Crippen LogP contribution in [0.4, 0.5) is 0 Å². The predicted octanol–water partition coefficient (Wildman–Crippen LogP) is 3.02. The molecule has 0 aliphatic heterocycles. The molecular weight excluding hydrogens is 286 g/mol. The lowest BCUT2D eigenvalue weighted by atomic mass is 9.87. The molecule has 4 nitrogen and oxygen atoms in total. The second-order valence-electron chi connectivity index (χ2n) is 5.88. The second-order valence-corrected chi connectivity index (χ2v) is 7.68. The van der Waals surface area contributed by atoms with Crippen LogP contribution < -0.4 is 5.32 Å². The van der Waals surface area contributed by atoms with E-state index in [9.17, 15) is 14.7 Å². The fraction of sp³-hybridized carbons (Fsp3) is 0.500. The average molecular weight is 309 g/mol. The third kappa shape index (κ3) is 4.77. The van der Waals surface area contributed by atoms with Crippen LogP contribution in [0, 0.1) is 0 Å². The lowest BCUT2D eigenvalue weighted by molar-refractivity contribution is -0.148. The molecule has 5 heteroatoms. The van der Waals surface area contributed by atoms with Gasteiger partial charge in [0.1, 0.15) is 0 Å². The maximum Gasteiger partial charge on any atom is 0.334 e. The van der Waals surface area contributed by atoms with Gasteiger partial charge in [-0.1, -0.05) is 58.0 Å². The smallest absolute Gasteiger partial charge is 0.334 e. The lowest BCUT2D eigenvalue weighted by Crippen LogP contribution is -2.52. The molecule has 1 aromatic rings. The Bertz CT molecular complexity index is 496. The monoisotopic (exact) mass is 309 g/mol. The number of carboxylic acid groups (broad SMARTS) is 1. The summed E-state index contributed by atoms with van der Waals surface area (Å²) in [4.78, 5) is 23.9. The molecule has 0 aliphatic rings. The Labute approximate surface area is 130 Å². The predicted molar refractivity (Wildman–Crippen MR) is 86.4 cm³/mol. The van der Waals surface area contributed by atoms with E-state index in [1.54, 1.807) is 31.2 Å². The Morgan fingerprint density at radius 1 is 1.19 bits per heavy atom. The van der Waals surface area contributed by atoms with E-state index in [0.29, 0.717) is 5.56 Å². The minimum absolute atomic E-state index is 0.0395. The number of thioether (sulfide) groups is 1. The van der Waals surface area contributed by atoms with E-state index >= 15 is 0 Å². The van der Waals surface area contributed by atoms with Crippen LogP contribution in [0.1, 0.15) is 39.7 Å². The van der Waals surface area contributed by atoms with Crippen molar-refractivity contribution in [2.45, 2.75) is 44.4 Å². The van der Waals surface area contributed by atoms with Gasteiger partial charge in [0.05, 0.1) is 5.75 Å². The molecule has 1 atom stereocenters. The van der Waals surface area contributed by atoms with Gasteiger partial charge >= 0.3 is 5.97 Å².